The zero-order valence-corrected chi connectivity index (χ0v) is 23.8. The minimum absolute atomic E-state index is 0.0239. The zero-order chi connectivity index (χ0) is 30.6. The number of rotatable bonds is 6. The molecule has 8 heteroatoms. The highest BCUT2D eigenvalue weighted by atomic mass is 16.5. The lowest BCUT2D eigenvalue weighted by Gasteiger charge is -2.55. The van der Waals surface area contributed by atoms with Gasteiger partial charge in [0.1, 0.15) is 12.4 Å². The lowest BCUT2D eigenvalue weighted by molar-refractivity contribution is -0.173. The molecule has 3 aromatic rings. The van der Waals surface area contributed by atoms with Crippen molar-refractivity contribution in [1.29, 1.82) is 0 Å². The maximum atomic E-state index is 15.0. The molecule has 0 aromatic heterocycles. The molecule has 2 amide bonds. The molecule has 0 radical (unpaired) electrons. The Labute approximate surface area is 254 Å². The Bertz CT molecular complexity index is 1730. The van der Waals surface area contributed by atoms with Crippen LogP contribution in [0.3, 0.4) is 0 Å². The summed E-state index contributed by atoms with van der Waals surface area (Å²) in [5.41, 5.74) is 1.67. The van der Waals surface area contributed by atoms with Crippen LogP contribution in [0.15, 0.2) is 103 Å². The van der Waals surface area contributed by atoms with Crippen LogP contribution in [0.25, 0.3) is 5.57 Å². The highest BCUT2D eigenvalue weighted by molar-refractivity contribution is 6.31. The van der Waals surface area contributed by atoms with Crippen molar-refractivity contribution in [1.82, 2.24) is 5.06 Å². The standard InChI is InChI=1S/C36H31NO7/c38-17-18-44-29-14-8-7-13-24(29)32-23-15-16-25-31(35(42)37(43)34(25)41)27(23)19-28-33(40)26(21-9-3-1-4-10-21)20-30(39)36(28,32)22-11-5-2-6-12-22/h1-15,20,25,27-28,31-32,38,43H,16-19H2/t25-,27+,28-,31-,32+,36-/m0/s1. The normalized spacial score (nSPS) is 29.4. The Hall–Kier alpha value is -4.66. The number of ketones is 2. The van der Waals surface area contributed by atoms with Gasteiger partial charge >= 0.3 is 0 Å². The fourth-order valence-corrected chi connectivity index (χ4v) is 8.21. The number of Topliss-reactive ketones (excluding diaryl/α,β-unsaturated/α-hetero) is 1. The van der Waals surface area contributed by atoms with Crippen molar-refractivity contribution < 1.29 is 34.2 Å². The monoisotopic (exact) mass is 589 g/mol. The summed E-state index contributed by atoms with van der Waals surface area (Å²) in [6, 6.07) is 25.7. The first-order valence-corrected chi connectivity index (χ1v) is 14.9. The molecule has 8 nitrogen and oxygen atoms in total. The van der Waals surface area contributed by atoms with Gasteiger partial charge in [-0.15, -0.1) is 0 Å². The molecule has 1 saturated heterocycles. The van der Waals surface area contributed by atoms with Gasteiger partial charge in [0.25, 0.3) is 11.8 Å². The first kappa shape index (κ1) is 28.1. The maximum Gasteiger partial charge on any atom is 0.257 e. The minimum Gasteiger partial charge on any atom is -0.491 e. The summed E-state index contributed by atoms with van der Waals surface area (Å²) in [7, 11) is 0. The van der Waals surface area contributed by atoms with E-state index in [1.165, 1.54) is 6.08 Å². The van der Waals surface area contributed by atoms with Gasteiger partial charge in [-0.1, -0.05) is 90.5 Å². The SMILES string of the molecule is O=C1C(c2ccccc2)=CC(=O)[C@@]2(c3ccccc3)[C@@H](c3ccccc3OCCO)C3=CC[C@@H]4C(=O)N(O)C(=O)[C@@H]4[C@@H]3C[C@@H]12. The number of nitrogens with zero attached hydrogens (tertiary/aromatic N) is 1. The van der Waals surface area contributed by atoms with E-state index in [0.717, 1.165) is 5.57 Å². The van der Waals surface area contributed by atoms with E-state index in [-0.39, 0.29) is 42.7 Å². The van der Waals surface area contributed by atoms with Crippen LogP contribution >= 0.6 is 0 Å². The molecule has 0 unspecified atom stereocenters. The fourth-order valence-electron chi connectivity index (χ4n) is 8.21. The number of imide groups is 1. The van der Waals surface area contributed by atoms with Crippen molar-refractivity contribution in [3.05, 3.63) is 119 Å². The number of para-hydroxylation sites is 1. The average Bonchev–Trinajstić information content (AvgIpc) is 3.29. The number of amides is 2. The molecule has 44 heavy (non-hydrogen) atoms. The molecular formula is C36H31NO7. The Morgan fingerprint density at radius 2 is 1.52 bits per heavy atom. The molecule has 0 spiro atoms. The Balaban J connectivity index is 1.53. The van der Waals surface area contributed by atoms with Crippen LogP contribution in [0.2, 0.25) is 0 Å². The van der Waals surface area contributed by atoms with Gasteiger partial charge in [-0.25, -0.2) is 0 Å². The van der Waals surface area contributed by atoms with Crippen LogP contribution in [0.5, 0.6) is 5.75 Å². The number of carbonyl (C=O) groups is 4. The predicted octanol–water partition coefficient (Wildman–Crippen LogP) is 4.27. The average molecular weight is 590 g/mol. The first-order valence-electron chi connectivity index (χ1n) is 14.9. The number of ether oxygens (including phenoxy) is 1. The maximum absolute atomic E-state index is 15.0. The van der Waals surface area contributed by atoms with E-state index < -0.39 is 46.8 Å². The number of hydroxylamine groups is 2. The molecule has 1 saturated carbocycles. The highest BCUT2D eigenvalue weighted by Gasteiger charge is 2.66. The summed E-state index contributed by atoms with van der Waals surface area (Å²) in [5.74, 6) is -5.10. The number of hydrogen-bond donors (Lipinski definition) is 2. The number of carbonyl (C=O) groups excluding carboxylic acids is 4. The van der Waals surface area contributed by atoms with Gasteiger partial charge in [0, 0.05) is 23.0 Å². The summed E-state index contributed by atoms with van der Waals surface area (Å²) in [6.45, 7) is -0.194. The van der Waals surface area contributed by atoms with Crippen LogP contribution < -0.4 is 4.74 Å². The third-order valence-corrected chi connectivity index (χ3v) is 9.93. The molecule has 1 heterocycles. The second-order valence-corrected chi connectivity index (χ2v) is 11.9. The van der Waals surface area contributed by atoms with Gasteiger partial charge in [-0.05, 0) is 42.0 Å². The Morgan fingerprint density at radius 1 is 0.841 bits per heavy atom. The van der Waals surface area contributed by atoms with E-state index >= 15 is 0 Å². The van der Waals surface area contributed by atoms with E-state index in [1.807, 2.05) is 66.7 Å². The largest absolute Gasteiger partial charge is 0.491 e. The van der Waals surface area contributed by atoms with Crippen LogP contribution in [-0.4, -0.2) is 52.0 Å². The number of benzene rings is 3. The van der Waals surface area contributed by atoms with Crippen LogP contribution in [-0.2, 0) is 24.6 Å². The van der Waals surface area contributed by atoms with Crippen molar-refractivity contribution in [3.8, 4) is 5.75 Å². The van der Waals surface area contributed by atoms with Crippen molar-refractivity contribution in [2.45, 2.75) is 24.2 Å². The number of fused-ring (bicyclic) bond motifs is 4. The first-order chi connectivity index (χ1) is 21.4. The Morgan fingerprint density at radius 3 is 2.25 bits per heavy atom. The second-order valence-electron chi connectivity index (χ2n) is 11.9. The van der Waals surface area contributed by atoms with Crippen molar-refractivity contribution in [2.24, 2.45) is 23.7 Å². The van der Waals surface area contributed by atoms with Gasteiger partial charge < -0.3 is 9.84 Å². The summed E-state index contributed by atoms with van der Waals surface area (Å²) in [6.07, 6.45) is 3.77. The molecule has 3 aliphatic carbocycles. The number of aliphatic hydroxyl groups is 1. The van der Waals surface area contributed by atoms with Crippen molar-refractivity contribution >= 4 is 29.0 Å². The number of aliphatic hydroxyl groups excluding tert-OH is 1. The fraction of sp³-hybridized carbons (Fsp3) is 0.278. The molecular weight excluding hydrogens is 558 g/mol. The van der Waals surface area contributed by atoms with Gasteiger partial charge in [0.05, 0.1) is 23.9 Å². The molecule has 4 aliphatic rings. The summed E-state index contributed by atoms with van der Waals surface area (Å²) >= 11 is 0. The Kier molecular flexibility index (Phi) is 6.91. The lowest BCUT2D eigenvalue weighted by atomic mass is 9.44. The molecule has 222 valence electrons. The number of allylic oxidation sites excluding steroid dienone is 4. The molecule has 2 N–H and O–H groups in total. The van der Waals surface area contributed by atoms with E-state index in [0.29, 0.717) is 28.0 Å². The van der Waals surface area contributed by atoms with E-state index in [1.54, 1.807) is 24.3 Å². The molecule has 6 atom stereocenters. The van der Waals surface area contributed by atoms with Crippen molar-refractivity contribution in [3.63, 3.8) is 0 Å². The quantitative estimate of drug-likeness (QED) is 0.250. The van der Waals surface area contributed by atoms with Gasteiger partial charge in [-0.2, -0.15) is 5.06 Å². The molecule has 2 fully saturated rings. The third-order valence-electron chi connectivity index (χ3n) is 9.93. The summed E-state index contributed by atoms with van der Waals surface area (Å²) < 4.78 is 6.02. The molecule has 1 aliphatic heterocycles. The second kappa shape index (κ2) is 10.8. The minimum atomic E-state index is -1.38. The third kappa shape index (κ3) is 3.98. The predicted molar refractivity (Wildman–Crippen MR) is 159 cm³/mol. The smallest absolute Gasteiger partial charge is 0.257 e. The van der Waals surface area contributed by atoms with Crippen molar-refractivity contribution in [2.75, 3.05) is 13.2 Å². The highest BCUT2D eigenvalue weighted by Crippen LogP contribution is 2.64. The van der Waals surface area contributed by atoms with Gasteiger partial charge in [0.15, 0.2) is 11.6 Å². The molecule has 3 aromatic carbocycles. The van der Waals surface area contributed by atoms with Gasteiger partial charge in [0.2, 0.25) is 0 Å². The van der Waals surface area contributed by atoms with Gasteiger partial charge in [-0.3, -0.25) is 24.4 Å². The zero-order valence-electron chi connectivity index (χ0n) is 23.8. The van der Waals surface area contributed by atoms with Crippen LogP contribution in [0.1, 0.15) is 35.4 Å². The lowest BCUT2D eigenvalue weighted by Crippen LogP contribution is -2.58. The van der Waals surface area contributed by atoms with E-state index in [2.05, 4.69) is 0 Å². The summed E-state index contributed by atoms with van der Waals surface area (Å²) in [5, 5.41) is 20.2. The number of hydrogen-bond acceptors (Lipinski definition) is 7. The molecule has 7 rings (SSSR count). The topological polar surface area (TPSA) is 121 Å². The van der Waals surface area contributed by atoms with E-state index in [4.69, 9.17) is 4.74 Å². The van der Waals surface area contributed by atoms with Crippen LogP contribution in [0.4, 0.5) is 0 Å². The summed E-state index contributed by atoms with van der Waals surface area (Å²) in [4.78, 5) is 56.1. The van der Waals surface area contributed by atoms with Crippen LogP contribution in [0, 0.1) is 23.7 Å². The van der Waals surface area contributed by atoms with E-state index in [9.17, 15) is 29.5 Å². The molecule has 0 bridgehead atoms.